The van der Waals surface area contributed by atoms with E-state index >= 15 is 0 Å². The third kappa shape index (κ3) is 2.82. The molecule has 1 heterocycles. The highest BCUT2D eigenvalue weighted by Crippen LogP contribution is 2.33. The van der Waals surface area contributed by atoms with E-state index < -0.39 is 0 Å². The minimum Gasteiger partial charge on any atom is -0.392 e. The van der Waals surface area contributed by atoms with Gasteiger partial charge in [0.15, 0.2) is 5.82 Å². The number of hydrogen-bond acceptors (Lipinski definition) is 4. The summed E-state index contributed by atoms with van der Waals surface area (Å²) in [6.45, 7) is 0. The van der Waals surface area contributed by atoms with Gasteiger partial charge in [-0.15, -0.1) is 0 Å². The summed E-state index contributed by atoms with van der Waals surface area (Å²) in [5.74, 6) is 1.10. The zero-order chi connectivity index (χ0) is 14.1. The van der Waals surface area contributed by atoms with Crippen LogP contribution in [0.3, 0.4) is 0 Å². The molecular weight excluding hydrogens is 299 g/mol. The summed E-state index contributed by atoms with van der Waals surface area (Å²) in [6, 6.07) is 5.43. The average Bonchev–Trinajstić information content (AvgIpc) is 3.03. The van der Waals surface area contributed by atoms with Gasteiger partial charge in [-0.2, -0.15) is 4.98 Å². The highest BCUT2D eigenvalue weighted by atomic mass is 35.5. The third-order valence-electron chi connectivity index (χ3n) is 3.63. The maximum absolute atomic E-state index is 9.85. The number of nitrogens with zero attached hydrogens (tertiary/aromatic N) is 2. The predicted octanol–water partition coefficient (Wildman–Crippen LogP) is 3.60. The van der Waals surface area contributed by atoms with Gasteiger partial charge in [-0.3, -0.25) is 0 Å². The van der Waals surface area contributed by atoms with E-state index in [-0.39, 0.29) is 12.0 Å². The van der Waals surface area contributed by atoms with Gasteiger partial charge in [0, 0.05) is 6.42 Å². The molecule has 0 saturated heterocycles. The van der Waals surface area contributed by atoms with Crippen molar-refractivity contribution < 1.29 is 9.63 Å². The second-order valence-corrected chi connectivity index (χ2v) is 5.89. The van der Waals surface area contributed by atoms with E-state index in [0.717, 1.165) is 24.8 Å². The summed E-state index contributed by atoms with van der Waals surface area (Å²) in [5.41, 5.74) is 0.971. The van der Waals surface area contributed by atoms with Crippen molar-refractivity contribution in [2.24, 2.45) is 0 Å². The first-order valence-electron chi connectivity index (χ1n) is 6.58. The number of aliphatic hydroxyl groups is 1. The highest BCUT2D eigenvalue weighted by molar-refractivity contribution is 6.42. The van der Waals surface area contributed by atoms with Crippen LogP contribution >= 0.6 is 23.2 Å². The molecule has 1 fully saturated rings. The molecule has 1 saturated carbocycles. The fourth-order valence-electron chi connectivity index (χ4n) is 2.55. The molecule has 20 heavy (non-hydrogen) atoms. The van der Waals surface area contributed by atoms with Gasteiger partial charge >= 0.3 is 0 Å². The van der Waals surface area contributed by atoms with Crippen molar-refractivity contribution in [1.82, 2.24) is 10.1 Å². The summed E-state index contributed by atoms with van der Waals surface area (Å²) in [5, 5.41) is 14.9. The van der Waals surface area contributed by atoms with Crippen LogP contribution in [0.4, 0.5) is 0 Å². The molecule has 0 spiro atoms. The normalized spacial score (nSPS) is 22.4. The maximum atomic E-state index is 9.85. The standard InChI is InChI=1S/C14H14Cl2N2O2/c15-10-5-4-8(6-11(10)16)7-13-17-14(20-18-13)9-2-1-3-12(9)19/h4-6,9,12,19H,1-3,7H2. The lowest BCUT2D eigenvalue weighted by molar-refractivity contribution is 0.148. The quantitative estimate of drug-likeness (QED) is 0.940. The summed E-state index contributed by atoms with van der Waals surface area (Å²) >= 11 is 11.9. The zero-order valence-corrected chi connectivity index (χ0v) is 12.2. The number of aliphatic hydroxyl groups excluding tert-OH is 1. The lowest BCUT2D eigenvalue weighted by atomic mass is 10.1. The molecule has 3 rings (SSSR count). The fraction of sp³-hybridized carbons (Fsp3) is 0.429. The van der Waals surface area contributed by atoms with Crippen LogP contribution in [-0.2, 0) is 6.42 Å². The van der Waals surface area contributed by atoms with Crippen molar-refractivity contribution in [2.45, 2.75) is 37.7 Å². The Bertz CT molecular complexity index is 615. The van der Waals surface area contributed by atoms with Gasteiger partial charge in [-0.05, 0) is 37.0 Å². The van der Waals surface area contributed by atoms with Gasteiger partial charge in [-0.25, -0.2) is 0 Å². The highest BCUT2D eigenvalue weighted by Gasteiger charge is 2.31. The molecule has 2 atom stereocenters. The molecule has 1 aliphatic rings. The summed E-state index contributed by atoms with van der Waals surface area (Å²) in [7, 11) is 0. The van der Waals surface area contributed by atoms with Gasteiger partial charge in [0.05, 0.1) is 22.1 Å². The van der Waals surface area contributed by atoms with Crippen molar-refractivity contribution in [3.8, 4) is 0 Å². The molecule has 1 aromatic carbocycles. The molecule has 2 unspecified atom stereocenters. The largest absolute Gasteiger partial charge is 0.392 e. The minimum atomic E-state index is -0.367. The van der Waals surface area contributed by atoms with E-state index in [2.05, 4.69) is 10.1 Å². The molecule has 0 amide bonds. The van der Waals surface area contributed by atoms with Gasteiger partial charge in [0.2, 0.25) is 5.89 Å². The lowest BCUT2D eigenvalue weighted by Gasteiger charge is -2.07. The lowest BCUT2D eigenvalue weighted by Crippen LogP contribution is -2.11. The van der Waals surface area contributed by atoms with Crippen LogP contribution in [-0.4, -0.2) is 21.4 Å². The van der Waals surface area contributed by atoms with Crippen molar-refractivity contribution >= 4 is 23.2 Å². The smallest absolute Gasteiger partial charge is 0.232 e. The van der Waals surface area contributed by atoms with Crippen molar-refractivity contribution in [3.05, 3.63) is 45.5 Å². The van der Waals surface area contributed by atoms with E-state index in [1.807, 2.05) is 6.07 Å². The first-order chi connectivity index (χ1) is 9.63. The number of hydrogen-bond donors (Lipinski definition) is 1. The van der Waals surface area contributed by atoms with Crippen LogP contribution in [0, 0.1) is 0 Å². The number of benzene rings is 1. The third-order valence-corrected chi connectivity index (χ3v) is 4.37. The molecule has 1 aliphatic carbocycles. The summed E-state index contributed by atoms with van der Waals surface area (Å²) < 4.78 is 5.26. The average molecular weight is 313 g/mol. The Hall–Kier alpha value is -1.10. The molecule has 0 aliphatic heterocycles. The van der Waals surface area contributed by atoms with E-state index in [0.29, 0.717) is 28.2 Å². The maximum Gasteiger partial charge on any atom is 0.232 e. The second kappa shape index (κ2) is 5.72. The molecule has 6 heteroatoms. The van der Waals surface area contributed by atoms with E-state index in [1.54, 1.807) is 12.1 Å². The topological polar surface area (TPSA) is 59.2 Å². The SMILES string of the molecule is OC1CCCC1c1nc(Cc2ccc(Cl)c(Cl)c2)no1. The zero-order valence-electron chi connectivity index (χ0n) is 10.7. The van der Waals surface area contributed by atoms with Gasteiger partial charge in [0.1, 0.15) is 0 Å². The molecule has 0 radical (unpaired) electrons. The van der Waals surface area contributed by atoms with Crippen LogP contribution in [0.2, 0.25) is 10.0 Å². The Labute approximate surface area is 126 Å². The molecule has 4 nitrogen and oxygen atoms in total. The number of rotatable bonds is 3. The molecule has 1 aromatic heterocycles. The van der Waals surface area contributed by atoms with Crippen molar-refractivity contribution in [3.63, 3.8) is 0 Å². The first kappa shape index (κ1) is 13.9. The van der Waals surface area contributed by atoms with Crippen LogP contribution in [0.15, 0.2) is 22.7 Å². The monoisotopic (exact) mass is 312 g/mol. The number of aromatic nitrogens is 2. The molecular formula is C14H14Cl2N2O2. The van der Waals surface area contributed by atoms with Crippen LogP contribution in [0.1, 0.15) is 42.5 Å². The fourth-order valence-corrected chi connectivity index (χ4v) is 2.87. The Morgan fingerprint density at radius 1 is 1.25 bits per heavy atom. The first-order valence-corrected chi connectivity index (χ1v) is 7.33. The molecule has 1 N–H and O–H groups in total. The molecule has 106 valence electrons. The van der Waals surface area contributed by atoms with E-state index in [4.69, 9.17) is 27.7 Å². The second-order valence-electron chi connectivity index (χ2n) is 5.08. The Morgan fingerprint density at radius 3 is 2.80 bits per heavy atom. The van der Waals surface area contributed by atoms with E-state index in [9.17, 15) is 5.11 Å². The Kier molecular flexibility index (Phi) is 3.96. The van der Waals surface area contributed by atoms with E-state index in [1.165, 1.54) is 0 Å². The van der Waals surface area contributed by atoms with Crippen LogP contribution < -0.4 is 0 Å². The van der Waals surface area contributed by atoms with Gasteiger partial charge < -0.3 is 9.63 Å². The summed E-state index contributed by atoms with van der Waals surface area (Å²) in [6.07, 6.45) is 2.86. The molecule has 0 bridgehead atoms. The minimum absolute atomic E-state index is 0.0231. The molecule has 2 aromatic rings. The van der Waals surface area contributed by atoms with Gasteiger partial charge in [0.25, 0.3) is 0 Å². The van der Waals surface area contributed by atoms with Crippen molar-refractivity contribution in [1.29, 1.82) is 0 Å². The summed E-state index contributed by atoms with van der Waals surface area (Å²) in [4.78, 5) is 4.38. The predicted molar refractivity (Wildman–Crippen MR) is 76.2 cm³/mol. The Morgan fingerprint density at radius 2 is 2.10 bits per heavy atom. The van der Waals surface area contributed by atoms with Crippen molar-refractivity contribution in [2.75, 3.05) is 0 Å². The van der Waals surface area contributed by atoms with Gasteiger partial charge in [-0.1, -0.05) is 34.4 Å². The van der Waals surface area contributed by atoms with Crippen LogP contribution in [0.25, 0.3) is 0 Å². The number of halogens is 2. The van der Waals surface area contributed by atoms with Crippen LogP contribution in [0.5, 0.6) is 0 Å². The Balaban J connectivity index is 1.75.